The summed E-state index contributed by atoms with van der Waals surface area (Å²) < 4.78 is 18.4. The standard InChI is InChI=1S/C14H8FNO2/c15-11-6-10-5-9(1-3-13(10)16-7-11)14-4-2-12(8-17)18-14/h1-8H. The minimum Gasteiger partial charge on any atom is -0.453 e. The van der Waals surface area contributed by atoms with Crippen molar-refractivity contribution in [2.24, 2.45) is 0 Å². The van der Waals surface area contributed by atoms with Gasteiger partial charge in [0.05, 0.1) is 11.7 Å². The van der Waals surface area contributed by atoms with E-state index in [1.54, 1.807) is 24.3 Å². The Morgan fingerprint density at radius 1 is 1.17 bits per heavy atom. The summed E-state index contributed by atoms with van der Waals surface area (Å²) in [6.45, 7) is 0. The third-order valence-corrected chi connectivity index (χ3v) is 2.68. The fraction of sp³-hybridized carbons (Fsp3) is 0. The van der Waals surface area contributed by atoms with Crippen molar-refractivity contribution in [3.8, 4) is 11.3 Å². The molecule has 0 spiro atoms. The highest BCUT2D eigenvalue weighted by atomic mass is 19.1. The number of fused-ring (bicyclic) bond motifs is 1. The molecule has 0 atom stereocenters. The molecule has 0 radical (unpaired) electrons. The molecule has 0 amide bonds. The molecule has 3 rings (SSSR count). The Morgan fingerprint density at radius 3 is 2.83 bits per heavy atom. The molecule has 0 aliphatic rings. The first-order valence-corrected chi connectivity index (χ1v) is 5.37. The molecule has 88 valence electrons. The van der Waals surface area contributed by atoms with Crippen LogP contribution in [0.25, 0.3) is 22.2 Å². The summed E-state index contributed by atoms with van der Waals surface area (Å²) in [5.41, 5.74) is 1.49. The van der Waals surface area contributed by atoms with Crippen molar-refractivity contribution in [2.45, 2.75) is 0 Å². The van der Waals surface area contributed by atoms with Crippen LogP contribution in [0, 0.1) is 5.82 Å². The average molecular weight is 241 g/mol. The lowest BCUT2D eigenvalue weighted by Crippen LogP contribution is -1.83. The number of aldehydes is 1. The lowest BCUT2D eigenvalue weighted by molar-refractivity contribution is 0.110. The second-order valence-corrected chi connectivity index (χ2v) is 3.88. The Labute approximate surface area is 102 Å². The number of halogens is 1. The molecule has 0 saturated heterocycles. The fourth-order valence-electron chi connectivity index (χ4n) is 1.83. The molecule has 0 fully saturated rings. The number of benzene rings is 1. The van der Waals surface area contributed by atoms with Gasteiger partial charge in [0.2, 0.25) is 0 Å². The van der Waals surface area contributed by atoms with Gasteiger partial charge in [0.25, 0.3) is 0 Å². The average Bonchev–Trinajstić information content (AvgIpc) is 2.86. The summed E-state index contributed by atoms with van der Waals surface area (Å²) in [6.07, 6.45) is 1.82. The second-order valence-electron chi connectivity index (χ2n) is 3.88. The summed E-state index contributed by atoms with van der Waals surface area (Å²) >= 11 is 0. The van der Waals surface area contributed by atoms with Gasteiger partial charge in [-0.25, -0.2) is 4.39 Å². The number of hydrogen-bond acceptors (Lipinski definition) is 3. The molecule has 18 heavy (non-hydrogen) atoms. The SMILES string of the molecule is O=Cc1ccc(-c2ccc3ncc(F)cc3c2)o1. The molecule has 2 aromatic heterocycles. The Hall–Kier alpha value is -2.49. The van der Waals surface area contributed by atoms with Crippen LogP contribution in [0.3, 0.4) is 0 Å². The minimum atomic E-state index is -0.382. The molecule has 0 saturated carbocycles. The van der Waals surface area contributed by atoms with E-state index in [4.69, 9.17) is 4.42 Å². The van der Waals surface area contributed by atoms with Gasteiger partial charge in [-0.2, -0.15) is 0 Å². The number of pyridine rings is 1. The van der Waals surface area contributed by atoms with Crippen molar-refractivity contribution in [3.63, 3.8) is 0 Å². The van der Waals surface area contributed by atoms with E-state index in [1.807, 2.05) is 6.07 Å². The van der Waals surface area contributed by atoms with Crippen LogP contribution >= 0.6 is 0 Å². The highest BCUT2D eigenvalue weighted by Crippen LogP contribution is 2.25. The first-order valence-electron chi connectivity index (χ1n) is 5.37. The first-order chi connectivity index (χ1) is 8.76. The van der Waals surface area contributed by atoms with Gasteiger partial charge in [0, 0.05) is 10.9 Å². The highest BCUT2D eigenvalue weighted by Gasteiger charge is 2.06. The van der Waals surface area contributed by atoms with E-state index in [-0.39, 0.29) is 11.6 Å². The van der Waals surface area contributed by atoms with Crippen LogP contribution in [-0.4, -0.2) is 11.3 Å². The lowest BCUT2D eigenvalue weighted by atomic mass is 10.1. The molecule has 0 N–H and O–H groups in total. The van der Waals surface area contributed by atoms with E-state index in [9.17, 15) is 9.18 Å². The van der Waals surface area contributed by atoms with Crippen LogP contribution < -0.4 is 0 Å². The number of nitrogens with zero attached hydrogens (tertiary/aromatic N) is 1. The van der Waals surface area contributed by atoms with Crippen LogP contribution in [0.1, 0.15) is 10.6 Å². The van der Waals surface area contributed by atoms with E-state index in [1.165, 1.54) is 12.3 Å². The Morgan fingerprint density at radius 2 is 2.06 bits per heavy atom. The number of hydrogen-bond donors (Lipinski definition) is 0. The molecule has 0 aliphatic heterocycles. The maximum absolute atomic E-state index is 13.1. The summed E-state index contributed by atoms with van der Waals surface area (Å²) in [7, 11) is 0. The molecule has 0 aliphatic carbocycles. The predicted octanol–water partition coefficient (Wildman–Crippen LogP) is 3.45. The maximum atomic E-state index is 13.1. The van der Waals surface area contributed by atoms with Crippen LogP contribution in [0.2, 0.25) is 0 Å². The zero-order valence-corrected chi connectivity index (χ0v) is 9.26. The van der Waals surface area contributed by atoms with Crippen molar-refractivity contribution in [1.29, 1.82) is 0 Å². The van der Waals surface area contributed by atoms with Crippen molar-refractivity contribution in [3.05, 3.63) is 54.2 Å². The zero-order valence-electron chi connectivity index (χ0n) is 9.26. The quantitative estimate of drug-likeness (QED) is 0.645. The van der Waals surface area contributed by atoms with Gasteiger partial charge in [0.1, 0.15) is 11.6 Å². The van der Waals surface area contributed by atoms with Gasteiger partial charge in [-0.05, 0) is 36.4 Å². The van der Waals surface area contributed by atoms with Crippen LogP contribution in [-0.2, 0) is 0 Å². The van der Waals surface area contributed by atoms with E-state index < -0.39 is 0 Å². The van der Waals surface area contributed by atoms with Crippen molar-refractivity contribution < 1.29 is 13.6 Å². The van der Waals surface area contributed by atoms with Crippen LogP contribution in [0.15, 0.2) is 47.0 Å². The fourth-order valence-corrected chi connectivity index (χ4v) is 1.83. The van der Waals surface area contributed by atoms with E-state index in [0.717, 1.165) is 5.56 Å². The van der Waals surface area contributed by atoms with E-state index in [0.29, 0.717) is 22.9 Å². The number of aromatic nitrogens is 1. The third-order valence-electron chi connectivity index (χ3n) is 2.68. The first kappa shape index (κ1) is 10.7. The predicted molar refractivity (Wildman–Crippen MR) is 64.8 cm³/mol. The lowest BCUT2D eigenvalue weighted by Gasteiger charge is -2.00. The largest absolute Gasteiger partial charge is 0.453 e. The number of furan rings is 1. The Balaban J connectivity index is 2.14. The van der Waals surface area contributed by atoms with Crippen LogP contribution in [0.5, 0.6) is 0 Å². The highest BCUT2D eigenvalue weighted by molar-refractivity contribution is 5.84. The molecular weight excluding hydrogens is 233 g/mol. The normalized spacial score (nSPS) is 10.7. The molecule has 3 aromatic rings. The van der Waals surface area contributed by atoms with Crippen molar-refractivity contribution in [2.75, 3.05) is 0 Å². The number of carbonyl (C=O) groups excluding carboxylic acids is 1. The monoisotopic (exact) mass is 241 g/mol. The van der Waals surface area contributed by atoms with Crippen molar-refractivity contribution >= 4 is 17.2 Å². The van der Waals surface area contributed by atoms with Gasteiger partial charge < -0.3 is 4.42 Å². The summed E-state index contributed by atoms with van der Waals surface area (Å²) in [5, 5.41) is 0.691. The topological polar surface area (TPSA) is 43.1 Å². The van der Waals surface area contributed by atoms with Crippen molar-refractivity contribution in [1.82, 2.24) is 4.98 Å². The molecule has 1 aromatic carbocycles. The summed E-state index contributed by atoms with van der Waals surface area (Å²) in [5.74, 6) is 0.457. The molecule has 0 unspecified atom stereocenters. The third kappa shape index (κ3) is 1.78. The molecule has 2 heterocycles. The summed E-state index contributed by atoms with van der Waals surface area (Å²) in [4.78, 5) is 14.5. The van der Waals surface area contributed by atoms with Gasteiger partial charge >= 0.3 is 0 Å². The van der Waals surface area contributed by atoms with Gasteiger partial charge in [-0.1, -0.05) is 0 Å². The smallest absolute Gasteiger partial charge is 0.185 e. The van der Waals surface area contributed by atoms with E-state index >= 15 is 0 Å². The van der Waals surface area contributed by atoms with Crippen LogP contribution in [0.4, 0.5) is 4.39 Å². The molecular formula is C14H8FNO2. The zero-order chi connectivity index (χ0) is 12.5. The Kier molecular flexibility index (Phi) is 2.41. The molecule has 0 bridgehead atoms. The number of carbonyl (C=O) groups is 1. The van der Waals surface area contributed by atoms with E-state index in [2.05, 4.69) is 4.98 Å². The molecule has 4 heteroatoms. The Bertz CT molecular complexity index is 733. The molecule has 3 nitrogen and oxygen atoms in total. The number of rotatable bonds is 2. The van der Waals surface area contributed by atoms with Gasteiger partial charge in [-0.15, -0.1) is 0 Å². The second kappa shape index (κ2) is 4.07. The summed E-state index contributed by atoms with van der Waals surface area (Å²) in [6, 6.07) is 10.1. The van der Waals surface area contributed by atoms with Gasteiger partial charge in [0.15, 0.2) is 12.0 Å². The maximum Gasteiger partial charge on any atom is 0.185 e. The minimum absolute atomic E-state index is 0.266. The van der Waals surface area contributed by atoms with Gasteiger partial charge in [-0.3, -0.25) is 9.78 Å².